The Labute approximate surface area is 122 Å². The summed E-state index contributed by atoms with van der Waals surface area (Å²) in [6, 6.07) is 6.34. The minimum Gasteiger partial charge on any atom is -0.465 e. The Bertz CT molecular complexity index is 669. The number of carboxylic acid groups (broad SMARTS) is 1. The Kier molecular flexibility index (Phi) is 2.85. The Hall–Kier alpha value is -2.08. The number of nitrogens with one attached hydrogen (secondary N) is 1. The van der Waals surface area contributed by atoms with Crippen molar-refractivity contribution in [2.24, 2.45) is 11.8 Å². The van der Waals surface area contributed by atoms with Gasteiger partial charge < -0.3 is 15.0 Å². The largest absolute Gasteiger partial charge is 0.465 e. The van der Waals surface area contributed by atoms with Crippen LogP contribution in [0.5, 0.6) is 0 Å². The van der Waals surface area contributed by atoms with Crippen LogP contribution in [0.15, 0.2) is 24.5 Å². The molecule has 6 heteroatoms. The highest BCUT2D eigenvalue weighted by Crippen LogP contribution is 2.32. The van der Waals surface area contributed by atoms with Gasteiger partial charge in [0.25, 0.3) is 0 Å². The molecule has 0 bridgehead atoms. The van der Waals surface area contributed by atoms with Crippen LogP contribution in [0.4, 0.5) is 4.79 Å². The van der Waals surface area contributed by atoms with Crippen LogP contribution in [0.25, 0.3) is 11.0 Å². The number of hydrogen-bond acceptors (Lipinski definition) is 3. The second-order valence-corrected chi connectivity index (χ2v) is 6.16. The van der Waals surface area contributed by atoms with Gasteiger partial charge in [-0.15, -0.1) is 0 Å². The predicted molar refractivity (Wildman–Crippen MR) is 77.9 cm³/mol. The van der Waals surface area contributed by atoms with Gasteiger partial charge in [-0.3, -0.25) is 4.90 Å². The van der Waals surface area contributed by atoms with Crippen LogP contribution in [0.3, 0.4) is 0 Å². The van der Waals surface area contributed by atoms with E-state index in [1.54, 1.807) is 11.2 Å². The molecule has 2 aliphatic heterocycles. The van der Waals surface area contributed by atoms with E-state index in [2.05, 4.69) is 33.1 Å². The average molecular weight is 286 g/mol. The molecule has 110 valence electrons. The fourth-order valence-corrected chi connectivity index (χ4v) is 3.71. The summed E-state index contributed by atoms with van der Waals surface area (Å²) in [5.74, 6) is 0.991. The minimum absolute atomic E-state index is 0.496. The van der Waals surface area contributed by atoms with Crippen molar-refractivity contribution in [3.8, 4) is 0 Å². The SMILES string of the molecule is O=C(O)N1CC2CN(Cc3ccc4[nH]cnc4c3)CC2C1. The summed E-state index contributed by atoms with van der Waals surface area (Å²) in [6.45, 7) is 4.28. The van der Waals surface area contributed by atoms with E-state index in [4.69, 9.17) is 5.11 Å². The Morgan fingerprint density at radius 3 is 2.76 bits per heavy atom. The van der Waals surface area contributed by atoms with Crippen LogP contribution in [-0.4, -0.2) is 57.1 Å². The maximum absolute atomic E-state index is 11.0. The molecule has 6 nitrogen and oxygen atoms in total. The van der Waals surface area contributed by atoms with Gasteiger partial charge in [0.2, 0.25) is 0 Å². The zero-order chi connectivity index (χ0) is 14.4. The summed E-state index contributed by atoms with van der Waals surface area (Å²) < 4.78 is 0. The highest BCUT2D eigenvalue weighted by atomic mass is 16.4. The number of aromatic nitrogens is 2. The molecule has 0 saturated carbocycles. The van der Waals surface area contributed by atoms with Gasteiger partial charge in [-0.1, -0.05) is 6.07 Å². The first kappa shape index (κ1) is 12.6. The van der Waals surface area contributed by atoms with Crippen molar-refractivity contribution in [2.75, 3.05) is 26.2 Å². The number of H-pyrrole nitrogens is 1. The number of nitrogens with zero attached hydrogens (tertiary/aromatic N) is 3. The van der Waals surface area contributed by atoms with Gasteiger partial charge in [0.05, 0.1) is 17.4 Å². The molecular weight excluding hydrogens is 268 g/mol. The van der Waals surface area contributed by atoms with Gasteiger partial charge >= 0.3 is 6.09 Å². The number of carbonyl (C=O) groups is 1. The van der Waals surface area contributed by atoms with Crippen LogP contribution in [-0.2, 0) is 6.54 Å². The number of hydrogen-bond donors (Lipinski definition) is 2. The monoisotopic (exact) mass is 286 g/mol. The van der Waals surface area contributed by atoms with E-state index in [-0.39, 0.29) is 0 Å². The maximum Gasteiger partial charge on any atom is 0.407 e. The summed E-state index contributed by atoms with van der Waals surface area (Å²) in [5.41, 5.74) is 3.34. The van der Waals surface area contributed by atoms with Crippen LogP contribution >= 0.6 is 0 Å². The molecule has 0 radical (unpaired) electrons. The lowest BCUT2D eigenvalue weighted by atomic mass is 10.0. The van der Waals surface area contributed by atoms with Gasteiger partial charge in [0.15, 0.2) is 0 Å². The van der Waals surface area contributed by atoms with E-state index in [0.29, 0.717) is 24.9 Å². The smallest absolute Gasteiger partial charge is 0.407 e. The van der Waals surface area contributed by atoms with Gasteiger partial charge in [0, 0.05) is 32.7 Å². The molecule has 3 heterocycles. The highest BCUT2D eigenvalue weighted by Gasteiger charge is 2.41. The Morgan fingerprint density at radius 1 is 1.29 bits per heavy atom. The molecule has 1 aromatic heterocycles. The van der Waals surface area contributed by atoms with Crippen LogP contribution in [0, 0.1) is 11.8 Å². The molecule has 4 rings (SSSR count). The first-order chi connectivity index (χ1) is 10.2. The minimum atomic E-state index is -0.778. The van der Waals surface area contributed by atoms with Crippen molar-refractivity contribution in [3.05, 3.63) is 30.1 Å². The summed E-state index contributed by atoms with van der Waals surface area (Å²) in [5, 5.41) is 9.05. The summed E-state index contributed by atoms with van der Waals surface area (Å²) in [4.78, 5) is 22.4. The Balaban J connectivity index is 1.42. The molecule has 21 heavy (non-hydrogen) atoms. The molecule has 2 saturated heterocycles. The lowest BCUT2D eigenvalue weighted by molar-refractivity contribution is 0.148. The van der Waals surface area contributed by atoms with E-state index >= 15 is 0 Å². The zero-order valence-corrected chi connectivity index (χ0v) is 11.7. The standard InChI is InChI=1S/C15H18N4O2/c20-15(21)19-7-11-5-18(6-12(11)8-19)4-10-1-2-13-14(3-10)17-9-16-13/h1-3,9,11-12H,4-8H2,(H,16,17)(H,20,21). The third-order valence-corrected chi connectivity index (χ3v) is 4.72. The van der Waals surface area contributed by atoms with Crippen LogP contribution in [0.1, 0.15) is 5.56 Å². The number of rotatable bonds is 2. The lowest BCUT2D eigenvalue weighted by Crippen LogP contribution is -2.31. The van der Waals surface area contributed by atoms with Crippen molar-refractivity contribution in [2.45, 2.75) is 6.54 Å². The van der Waals surface area contributed by atoms with E-state index in [0.717, 1.165) is 30.7 Å². The summed E-state index contributed by atoms with van der Waals surface area (Å²) >= 11 is 0. The molecule has 2 N–H and O–H groups in total. The van der Waals surface area contributed by atoms with Gasteiger partial charge in [-0.2, -0.15) is 0 Å². The van der Waals surface area contributed by atoms with Crippen molar-refractivity contribution in [1.82, 2.24) is 19.8 Å². The topological polar surface area (TPSA) is 72.5 Å². The maximum atomic E-state index is 11.0. The first-order valence-electron chi connectivity index (χ1n) is 7.31. The van der Waals surface area contributed by atoms with Crippen LogP contribution in [0.2, 0.25) is 0 Å². The van der Waals surface area contributed by atoms with E-state index < -0.39 is 6.09 Å². The third-order valence-electron chi connectivity index (χ3n) is 4.72. The van der Waals surface area contributed by atoms with Crippen molar-refractivity contribution in [1.29, 1.82) is 0 Å². The third kappa shape index (κ3) is 2.25. The summed E-state index contributed by atoms with van der Waals surface area (Å²) in [7, 11) is 0. The van der Waals surface area contributed by atoms with Crippen molar-refractivity contribution >= 4 is 17.1 Å². The predicted octanol–water partition coefficient (Wildman–Crippen LogP) is 1.60. The molecular formula is C15H18N4O2. The molecule has 1 aromatic carbocycles. The molecule has 2 atom stereocenters. The second-order valence-electron chi connectivity index (χ2n) is 6.16. The first-order valence-corrected chi connectivity index (χ1v) is 7.31. The van der Waals surface area contributed by atoms with E-state index in [1.165, 1.54) is 5.56 Å². The molecule has 1 amide bonds. The fraction of sp³-hybridized carbons (Fsp3) is 0.467. The molecule has 2 aromatic rings. The molecule has 0 aliphatic carbocycles. The number of fused-ring (bicyclic) bond motifs is 2. The van der Waals surface area contributed by atoms with Gasteiger partial charge in [-0.25, -0.2) is 9.78 Å². The lowest BCUT2D eigenvalue weighted by Gasteiger charge is -2.19. The second kappa shape index (κ2) is 4.73. The Morgan fingerprint density at radius 2 is 2.05 bits per heavy atom. The molecule has 2 unspecified atom stereocenters. The van der Waals surface area contributed by atoms with Crippen molar-refractivity contribution < 1.29 is 9.90 Å². The van der Waals surface area contributed by atoms with E-state index in [9.17, 15) is 4.79 Å². The quantitative estimate of drug-likeness (QED) is 0.879. The number of aromatic amines is 1. The number of imidazole rings is 1. The van der Waals surface area contributed by atoms with Crippen LogP contribution < -0.4 is 0 Å². The van der Waals surface area contributed by atoms with Gasteiger partial charge in [-0.05, 0) is 29.5 Å². The van der Waals surface area contributed by atoms with E-state index in [1.807, 2.05) is 0 Å². The molecule has 2 aliphatic rings. The average Bonchev–Trinajstić information content (AvgIpc) is 3.11. The molecule has 2 fully saturated rings. The summed E-state index contributed by atoms with van der Waals surface area (Å²) in [6.07, 6.45) is 0.940. The highest BCUT2D eigenvalue weighted by molar-refractivity contribution is 5.75. The number of likely N-dealkylation sites (tertiary alicyclic amines) is 2. The number of amides is 1. The fourth-order valence-electron chi connectivity index (χ4n) is 3.71. The molecule has 0 spiro atoms. The zero-order valence-electron chi connectivity index (χ0n) is 11.7. The van der Waals surface area contributed by atoms with Crippen molar-refractivity contribution in [3.63, 3.8) is 0 Å². The number of benzene rings is 1. The normalized spacial score (nSPS) is 25.6. The van der Waals surface area contributed by atoms with Gasteiger partial charge in [0.1, 0.15) is 0 Å².